The van der Waals surface area contributed by atoms with Gasteiger partial charge >= 0.3 is 0 Å². The summed E-state index contributed by atoms with van der Waals surface area (Å²) in [7, 11) is 1.56. The van der Waals surface area contributed by atoms with Gasteiger partial charge in [0, 0.05) is 11.6 Å². The number of halogens is 1. The second kappa shape index (κ2) is 4.64. The highest BCUT2D eigenvalue weighted by atomic mass is 35.5. The van der Waals surface area contributed by atoms with Crippen LogP contribution in [0, 0.1) is 0 Å². The molecule has 0 aliphatic carbocycles. The quantitative estimate of drug-likeness (QED) is 0.808. The van der Waals surface area contributed by atoms with Gasteiger partial charge in [-0.05, 0) is 19.1 Å². The molecule has 0 saturated carbocycles. The Morgan fingerprint density at radius 3 is 2.57 bits per heavy atom. The molecule has 3 nitrogen and oxygen atoms in total. The fourth-order valence-electron chi connectivity index (χ4n) is 1.16. The van der Waals surface area contributed by atoms with Crippen LogP contribution in [0.25, 0.3) is 0 Å². The molecule has 0 aromatic heterocycles. The molecule has 0 fully saturated rings. The summed E-state index contributed by atoms with van der Waals surface area (Å²) in [4.78, 5) is 0. The minimum Gasteiger partial charge on any atom is -0.497 e. The van der Waals surface area contributed by atoms with Gasteiger partial charge < -0.3 is 15.6 Å². The van der Waals surface area contributed by atoms with E-state index in [0.717, 1.165) is 0 Å². The van der Waals surface area contributed by atoms with E-state index >= 15 is 0 Å². The van der Waals surface area contributed by atoms with E-state index in [1.165, 1.54) is 0 Å². The summed E-state index contributed by atoms with van der Waals surface area (Å²) in [5.74, 6) is 0.663. The maximum Gasteiger partial charge on any atom is 0.120 e. The first-order chi connectivity index (χ1) is 6.56. The summed E-state index contributed by atoms with van der Waals surface area (Å²) in [6.07, 6.45) is -0.742. The van der Waals surface area contributed by atoms with Crippen LogP contribution in [0.2, 0.25) is 5.02 Å². The molecule has 3 N–H and O–H groups in total. The third-order valence-corrected chi connectivity index (χ3v) is 2.35. The summed E-state index contributed by atoms with van der Waals surface area (Å²) in [6, 6.07) is 4.77. The van der Waals surface area contributed by atoms with Crippen LogP contribution in [0.4, 0.5) is 0 Å². The summed E-state index contributed by atoms with van der Waals surface area (Å²) >= 11 is 5.95. The summed E-state index contributed by atoms with van der Waals surface area (Å²) < 4.78 is 4.99. The van der Waals surface area contributed by atoms with E-state index in [1.54, 1.807) is 32.2 Å². The van der Waals surface area contributed by atoms with Gasteiger partial charge in [-0.3, -0.25) is 0 Å². The third kappa shape index (κ3) is 2.38. The number of ether oxygens (including phenoxy) is 1. The first kappa shape index (κ1) is 11.3. The van der Waals surface area contributed by atoms with Crippen molar-refractivity contribution < 1.29 is 9.84 Å². The molecule has 0 saturated heterocycles. The minimum atomic E-state index is -0.742. The molecule has 78 valence electrons. The van der Waals surface area contributed by atoms with Gasteiger partial charge in [0.25, 0.3) is 0 Å². The Kier molecular flexibility index (Phi) is 3.75. The van der Waals surface area contributed by atoms with E-state index in [2.05, 4.69) is 0 Å². The first-order valence-electron chi connectivity index (χ1n) is 4.33. The highest BCUT2D eigenvalue weighted by molar-refractivity contribution is 6.31. The van der Waals surface area contributed by atoms with Crippen LogP contribution in [0.5, 0.6) is 5.75 Å². The molecule has 0 amide bonds. The van der Waals surface area contributed by atoms with Gasteiger partial charge in [0.15, 0.2) is 0 Å². The maximum atomic E-state index is 9.69. The van der Waals surface area contributed by atoms with Crippen molar-refractivity contribution in [2.75, 3.05) is 7.11 Å². The number of nitrogens with two attached hydrogens (primary N) is 1. The van der Waals surface area contributed by atoms with Gasteiger partial charge in [-0.15, -0.1) is 0 Å². The molecule has 0 aliphatic rings. The van der Waals surface area contributed by atoms with Crippen LogP contribution >= 0.6 is 11.6 Å². The Balaban J connectivity index is 2.99. The lowest BCUT2D eigenvalue weighted by atomic mass is 10.0. The predicted octanol–water partition coefficient (Wildman–Crippen LogP) is 1.73. The molecule has 0 bridgehead atoms. The molecule has 0 spiro atoms. The van der Waals surface area contributed by atoms with Crippen molar-refractivity contribution in [2.45, 2.75) is 19.1 Å². The fourth-order valence-corrected chi connectivity index (χ4v) is 1.44. The Hall–Kier alpha value is -0.770. The van der Waals surface area contributed by atoms with Crippen molar-refractivity contribution in [1.82, 2.24) is 0 Å². The van der Waals surface area contributed by atoms with E-state index in [4.69, 9.17) is 22.1 Å². The number of benzene rings is 1. The molecule has 1 rings (SSSR count). The zero-order valence-corrected chi connectivity index (χ0v) is 8.95. The van der Waals surface area contributed by atoms with Crippen molar-refractivity contribution in [3.05, 3.63) is 28.8 Å². The fraction of sp³-hybridized carbons (Fsp3) is 0.400. The van der Waals surface area contributed by atoms with Crippen LogP contribution in [0.15, 0.2) is 18.2 Å². The van der Waals surface area contributed by atoms with Crippen LogP contribution in [0.3, 0.4) is 0 Å². The van der Waals surface area contributed by atoms with Crippen LogP contribution in [0.1, 0.15) is 18.6 Å². The summed E-state index contributed by atoms with van der Waals surface area (Å²) in [5, 5.41) is 10.2. The molecule has 0 heterocycles. The highest BCUT2D eigenvalue weighted by Crippen LogP contribution is 2.28. The van der Waals surface area contributed by atoms with Crippen molar-refractivity contribution in [1.29, 1.82) is 0 Å². The van der Waals surface area contributed by atoms with E-state index in [0.29, 0.717) is 16.3 Å². The normalized spacial score (nSPS) is 14.9. The van der Waals surface area contributed by atoms with Crippen molar-refractivity contribution in [3.63, 3.8) is 0 Å². The smallest absolute Gasteiger partial charge is 0.120 e. The molecule has 4 heteroatoms. The lowest BCUT2D eigenvalue weighted by molar-refractivity contribution is 0.153. The molecule has 0 aliphatic heterocycles. The number of hydrogen-bond acceptors (Lipinski definition) is 3. The molecular formula is C10H14ClNO2. The van der Waals surface area contributed by atoms with Crippen LogP contribution < -0.4 is 10.5 Å². The minimum absolute atomic E-state index is 0.346. The topological polar surface area (TPSA) is 55.5 Å². The van der Waals surface area contributed by atoms with Gasteiger partial charge in [0.1, 0.15) is 5.75 Å². The molecule has 1 aromatic carbocycles. The SMILES string of the molecule is COc1ccc([C@H](O)[C@@H](C)N)c(Cl)c1. The van der Waals surface area contributed by atoms with Crippen molar-refractivity contribution in [3.8, 4) is 5.75 Å². The van der Waals surface area contributed by atoms with Crippen LogP contribution in [-0.2, 0) is 0 Å². The molecule has 0 radical (unpaired) electrons. The zero-order chi connectivity index (χ0) is 10.7. The Labute approximate surface area is 88.4 Å². The van der Waals surface area contributed by atoms with Gasteiger partial charge in [-0.2, -0.15) is 0 Å². The molecular weight excluding hydrogens is 202 g/mol. The monoisotopic (exact) mass is 215 g/mol. The second-order valence-electron chi connectivity index (χ2n) is 3.19. The van der Waals surface area contributed by atoms with E-state index < -0.39 is 6.10 Å². The predicted molar refractivity (Wildman–Crippen MR) is 56.6 cm³/mol. The molecule has 14 heavy (non-hydrogen) atoms. The van der Waals surface area contributed by atoms with Crippen molar-refractivity contribution >= 4 is 11.6 Å². The zero-order valence-electron chi connectivity index (χ0n) is 8.20. The second-order valence-corrected chi connectivity index (χ2v) is 3.60. The number of hydrogen-bond donors (Lipinski definition) is 2. The maximum absolute atomic E-state index is 9.69. The Morgan fingerprint density at radius 2 is 2.14 bits per heavy atom. The Bertz CT molecular complexity index is 315. The van der Waals surface area contributed by atoms with Gasteiger partial charge in [0.2, 0.25) is 0 Å². The first-order valence-corrected chi connectivity index (χ1v) is 4.71. The van der Waals surface area contributed by atoms with E-state index in [1.807, 2.05) is 0 Å². The number of aliphatic hydroxyl groups is 1. The number of aliphatic hydroxyl groups excluding tert-OH is 1. The van der Waals surface area contributed by atoms with E-state index in [-0.39, 0.29) is 6.04 Å². The average Bonchev–Trinajstić information content (AvgIpc) is 2.16. The van der Waals surface area contributed by atoms with Crippen LogP contribution in [-0.4, -0.2) is 18.3 Å². The lowest BCUT2D eigenvalue weighted by Gasteiger charge is -2.16. The standard InChI is InChI=1S/C10H14ClNO2/c1-6(12)10(13)8-4-3-7(14-2)5-9(8)11/h3-6,10,13H,12H2,1-2H3/t6-,10-/m1/s1. The molecule has 2 atom stereocenters. The lowest BCUT2D eigenvalue weighted by Crippen LogP contribution is -2.24. The van der Waals surface area contributed by atoms with Gasteiger partial charge in [-0.1, -0.05) is 17.7 Å². The highest BCUT2D eigenvalue weighted by Gasteiger charge is 2.15. The molecule has 0 unspecified atom stereocenters. The summed E-state index contributed by atoms with van der Waals surface area (Å²) in [5.41, 5.74) is 6.19. The largest absolute Gasteiger partial charge is 0.497 e. The molecule has 1 aromatic rings. The Morgan fingerprint density at radius 1 is 1.50 bits per heavy atom. The number of methoxy groups -OCH3 is 1. The van der Waals surface area contributed by atoms with Gasteiger partial charge in [-0.25, -0.2) is 0 Å². The van der Waals surface area contributed by atoms with Gasteiger partial charge in [0.05, 0.1) is 18.2 Å². The average molecular weight is 216 g/mol. The number of rotatable bonds is 3. The third-order valence-electron chi connectivity index (χ3n) is 2.02. The van der Waals surface area contributed by atoms with E-state index in [9.17, 15) is 5.11 Å². The summed E-state index contributed by atoms with van der Waals surface area (Å²) in [6.45, 7) is 1.73. The van der Waals surface area contributed by atoms with Crippen molar-refractivity contribution in [2.24, 2.45) is 5.73 Å².